The molecule has 2 aliphatic rings. The first kappa shape index (κ1) is 11.9. The molecule has 3 rings (SSSR count). The number of rotatable bonds is 2. The molecule has 1 aromatic heterocycles. The largest absolute Gasteiger partial charge is 0.364 e. The minimum absolute atomic E-state index is 0. The molecule has 1 saturated carbocycles. The summed E-state index contributed by atoms with van der Waals surface area (Å²) in [5, 5.41) is 3.94. The maximum absolute atomic E-state index is 6.09. The molecule has 4 nitrogen and oxygen atoms in total. The van der Waals surface area contributed by atoms with Gasteiger partial charge in [0.05, 0.1) is 5.69 Å². The first-order valence-corrected chi connectivity index (χ1v) is 5.70. The minimum Gasteiger partial charge on any atom is -0.364 e. The zero-order chi connectivity index (χ0) is 10.3. The highest BCUT2D eigenvalue weighted by atomic mass is 35.5. The second-order valence-electron chi connectivity index (χ2n) is 4.85. The van der Waals surface area contributed by atoms with Crippen LogP contribution in [-0.4, -0.2) is 29.2 Å². The molecular formula is C11H18ClN3O. The summed E-state index contributed by atoms with van der Waals surface area (Å²) >= 11 is 0. The van der Waals surface area contributed by atoms with E-state index in [9.17, 15) is 0 Å². The Morgan fingerprint density at radius 2 is 2.31 bits per heavy atom. The first-order chi connectivity index (χ1) is 7.33. The van der Waals surface area contributed by atoms with Gasteiger partial charge in [-0.2, -0.15) is 0 Å². The number of nitrogens with zero attached hydrogens (tertiary/aromatic N) is 2. The van der Waals surface area contributed by atoms with Gasteiger partial charge in [0.15, 0.2) is 0 Å². The molecule has 1 aromatic rings. The van der Waals surface area contributed by atoms with E-state index in [1.807, 2.05) is 6.07 Å². The van der Waals surface area contributed by atoms with Gasteiger partial charge in [-0.1, -0.05) is 5.16 Å². The standard InChI is InChI=1S/C11H17N3O.ClH/c12-11-2-1-8-5-14(7-10(8)11)6-9-3-4-15-13-9;/h3-4,8,10-11H,1-2,5-7,12H2;1H. The van der Waals surface area contributed by atoms with Crippen LogP contribution in [0, 0.1) is 11.8 Å². The van der Waals surface area contributed by atoms with Crippen molar-refractivity contribution < 1.29 is 4.52 Å². The van der Waals surface area contributed by atoms with E-state index in [0.717, 1.165) is 30.6 Å². The average molecular weight is 244 g/mol. The minimum atomic E-state index is 0. The maximum Gasteiger partial charge on any atom is 0.124 e. The molecule has 1 saturated heterocycles. The van der Waals surface area contributed by atoms with Crippen LogP contribution >= 0.6 is 12.4 Å². The number of hydrogen-bond donors (Lipinski definition) is 1. The molecule has 16 heavy (non-hydrogen) atoms. The van der Waals surface area contributed by atoms with Gasteiger partial charge < -0.3 is 10.3 Å². The third-order valence-corrected chi connectivity index (χ3v) is 3.86. The first-order valence-electron chi connectivity index (χ1n) is 5.70. The van der Waals surface area contributed by atoms with Crippen molar-refractivity contribution in [1.82, 2.24) is 10.1 Å². The molecule has 1 aliphatic heterocycles. The van der Waals surface area contributed by atoms with Gasteiger partial charge in [0.25, 0.3) is 0 Å². The summed E-state index contributed by atoms with van der Waals surface area (Å²) in [6.07, 6.45) is 4.16. The number of halogens is 1. The van der Waals surface area contributed by atoms with Crippen molar-refractivity contribution in [1.29, 1.82) is 0 Å². The van der Waals surface area contributed by atoms with Crippen LogP contribution in [0.3, 0.4) is 0 Å². The van der Waals surface area contributed by atoms with E-state index in [1.165, 1.54) is 19.4 Å². The second-order valence-corrected chi connectivity index (χ2v) is 4.85. The summed E-state index contributed by atoms with van der Waals surface area (Å²) in [6, 6.07) is 2.37. The van der Waals surface area contributed by atoms with Gasteiger partial charge in [0, 0.05) is 31.7 Å². The lowest BCUT2D eigenvalue weighted by Gasteiger charge is -2.16. The van der Waals surface area contributed by atoms with Crippen molar-refractivity contribution in [2.75, 3.05) is 13.1 Å². The molecule has 0 bridgehead atoms. The van der Waals surface area contributed by atoms with Gasteiger partial charge in [-0.05, 0) is 24.7 Å². The summed E-state index contributed by atoms with van der Waals surface area (Å²) in [5.74, 6) is 1.55. The third kappa shape index (κ3) is 2.10. The van der Waals surface area contributed by atoms with Crippen molar-refractivity contribution >= 4 is 12.4 Å². The van der Waals surface area contributed by atoms with E-state index < -0.39 is 0 Å². The fraction of sp³-hybridized carbons (Fsp3) is 0.727. The number of nitrogens with two attached hydrogens (primary N) is 1. The number of hydrogen-bond acceptors (Lipinski definition) is 4. The number of likely N-dealkylation sites (tertiary alicyclic amines) is 1. The third-order valence-electron chi connectivity index (χ3n) is 3.86. The van der Waals surface area contributed by atoms with Gasteiger partial charge in [0.1, 0.15) is 6.26 Å². The molecular weight excluding hydrogens is 226 g/mol. The fourth-order valence-corrected chi connectivity index (χ4v) is 3.08. The molecule has 3 unspecified atom stereocenters. The predicted molar refractivity (Wildman–Crippen MR) is 63.2 cm³/mol. The molecule has 2 N–H and O–H groups in total. The van der Waals surface area contributed by atoms with Crippen LogP contribution in [0.15, 0.2) is 16.9 Å². The lowest BCUT2D eigenvalue weighted by molar-refractivity contribution is 0.286. The molecule has 2 heterocycles. The van der Waals surface area contributed by atoms with Crippen molar-refractivity contribution in [3.05, 3.63) is 18.0 Å². The summed E-state index contributed by atoms with van der Waals surface area (Å²) in [4.78, 5) is 2.45. The maximum atomic E-state index is 6.09. The van der Waals surface area contributed by atoms with Crippen LogP contribution in [0.1, 0.15) is 18.5 Å². The molecule has 3 atom stereocenters. The van der Waals surface area contributed by atoms with E-state index in [4.69, 9.17) is 10.3 Å². The van der Waals surface area contributed by atoms with E-state index in [2.05, 4.69) is 10.1 Å². The van der Waals surface area contributed by atoms with Gasteiger partial charge in [-0.3, -0.25) is 4.90 Å². The van der Waals surface area contributed by atoms with Gasteiger partial charge in [-0.25, -0.2) is 0 Å². The predicted octanol–water partition coefficient (Wildman–Crippen LogP) is 1.27. The van der Waals surface area contributed by atoms with E-state index in [1.54, 1.807) is 6.26 Å². The molecule has 0 spiro atoms. The van der Waals surface area contributed by atoms with E-state index in [0.29, 0.717) is 6.04 Å². The van der Waals surface area contributed by atoms with Crippen LogP contribution in [0.25, 0.3) is 0 Å². The average Bonchev–Trinajstić information content (AvgIpc) is 2.88. The Bertz CT molecular complexity index is 330. The number of aromatic nitrogens is 1. The smallest absolute Gasteiger partial charge is 0.124 e. The second kappa shape index (κ2) is 4.73. The van der Waals surface area contributed by atoms with Crippen molar-refractivity contribution in [2.45, 2.75) is 25.4 Å². The highest BCUT2D eigenvalue weighted by Crippen LogP contribution is 2.37. The highest BCUT2D eigenvalue weighted by molar-refractivity contribution is 5.85. The Labute approximate surface area is 102 Å². The Balaban J connectivity index is 0.000000963. The zero-order valence-electron chi connectivity index (χ0n) is 9.21. The zero-order valence-corrected chi connectivity index (χ0v) is 10.0. The molecule has 90 valence electrons. The summed E-state index contributed by atoms with van der Waals surface area (Å²) in [6.45, 7) is 3.24. The molecule has 0 amide bonds. The SMILES string of the molecule is Cl.NC1CCC2CN(Cc3ccon3)CC12. The molecule has 0 aromatic carbocycles. The van der Waals surface area contributed by atoms with Crippen molar-refractivity contribution in [2.24, 2.45) is 17.6 Å². The van der Waals surface area contributed by atoms with Crippen LogP contribution < -0.4 is 5.73 Å². The number of fused-ring (bicyclic) bond motifs is 1. The van der Waals surface area contributed by atoms with Crippen LogP contribution in [-0.2, 0) is 6.54 Å². The quantitative estimate of drug-likeness (QED) is 0.850. The topological polar surface area (TPSA) is 55.3 Å². The lowest BCUT2D eigenvalue weighted by atomic mass is 9.98. The van der Waals surface area contributed by atoms with Crippen LogP contribution in [0.4, 0.5) is 0 Å². The van der Waals surface area contributed by atoms with Gasteiger partial charge in [0.2, 0.25) is 0 Å². The lowest BCUT2D eigenvalue weighted by Crippen LogP contribution is -2.30. The summed E-state index contributed by atoms with van der Waals surface area (Å²) < 4.78 is 4.84. The van der Waals surface area contributed by atoms with E-state index >= 15 is 0 Å². The Morgan fingerprint density at radius 3 is 3.00 bits per heavy atom. The van der Waals surface area contributed by atoms with Crippen LogP contribution in [0.2, 0.25) is 0 Å². The molecule has 1 aliphatic carbocycles. The monoisotopic (exact) mass is 243 g/mol. The Hall–Kier alpha value is -0.580. The Kier molecular flexibility index (Phi) is 3.52. The molecule has 5 heteroatoms. The van der Waals surface area contributed by atoms with E-state index in [-0.39, 0.29) is 12.4 Å². The van der Waals surface area contributed by atoms with Gasteiger partial charge in [-0.15, -0.1) is 12.4 Å². The highest BCUT2D eigenvalue weighted by Gasteiger charge is 2.40. The molecule has 2 fully saturated rings. The summed E-state index contributed by atoms with van der Waals surface area (Å²) in [7, 11) is 0. The Morgan fingerprint density at radius 1 is 1.44 bits per heavy atom. The van der Waals surface area contributed by atoms with Crippen LogP contribution in [0.5, 0.6) is 0 Å². The fourth-order valence-electron chi connectivity index (χ4n) is 3.08. The summed E-state index contributed by atoms with van der Waals surface area (Å²) in [5.41, 5.74) is 7.13. The van der Waals surface area contributed by atoms with Crippen molar-refractivity contribution in [3.8, 4) is 0 Å². The normalized spacial score (nSPS) is 33.7. The van der Waals surface area contributed by atoms with Crippen molar-refractivity contribution in [3.63, 3.8) is 0 Å². The van der Waals surface area contributed by atoms with Gasteiger partial charge >= 0.3 is 0 Å². The molecule has 0 radical (unpaired) electrons.